The second-order valence-corrected chi connectivity index (χ2v) is 9.84. The number of carbonyl (C=O) groups is 2. The van der Waals surface area contributed by atoms with Gasteiger partial charge in [-0.15, -0.1) is 0 Å². The Balaban J connectivity index is 1.38. The average Bonchev–Trinajstić information content (AvgIpc) is 3.60. The quantitative estimate of drug-likeness (QED) is 0.413. The monoisotopic (exact) mass is 508 g/mol. The molecule has 1 amide bonds. The maximum absolute atomic E-state index is 13.5. The molecule has 0 aromatic heterocycles. The summed E-state index contributed by atoms with van der Waals surface area (Å²) in [6.45, 7) is 3.02. The summed E-state index contributed by atoms with van der Waals surface area (Å²) in [6.07, 6.45) is -2.33. The molecule has 1 atom stereocenters. The predicted octanol–water partition coefficient (Wildman–Crippen LogP) is 6.03. The van der Waals surface area contributed by atoms with Crippen LogP contribution in [0.15, 0.2) is 66.7 Å². The van der Waals surface area contributed by atoms with Gasteiger partial charge in [0.15, 0.2) is 0 Å². The number of hydrogen-bond acceptors (Lipinski definition) is 4. The van der Waals surface area contributed by atoms with E-state index >= 15 is 0 Å². The summed E-state index contributed by atoms with van der Waals surface area (Å²) in [7, 11) is 1.32. The molecule has 1 N–H and O–H groups in total. The number of carbonyl (C=O) groups excluding carboxylic acids is 2. The minimum absolute atomic E-state index is 0.00681. The molecule has 192 valence electrons. The Kier molecular flexibility index (Phi) is 6.22. The highest BCUT2D eigenvalue weighted by molar-refractivity contribution is 6.01. The van der Waals surface area contributed by atoms with E-state index < -0.39 is 17.7 Å². The van der Waals surface area contributed by atoms with Crippen LogP contribution in [0.3, 0.4) is 0 Å². The number of anilines is 1. The van der Waals surface area contributed by atoms with Crippen LogP contribution in [0.2, 0.25) is 0 Å². The van der Waals surface area contributed by atoms with E-state index in [9.17, 15) is 22.8 Å². The van der Waals surface area contributed by atoms with E-state index in [1.165, 1.54) is 19.2 Å². The van der Waals surface area contributed by atoms with Crippen molar-refractivity contribution in [1.29, 1.82) is 0 Å². The van der Waals surface area contributed by atoms with E-state index in [0.717, 1.165) is 53.9 Å². The number of rotatable bonds is 6. The fraction of sp³-hybridized carbons (Fsp3) is 0.310. The summed E-state index contributed by atoms with van der Waals surface area (Å²) in [5, 5.41) is 3.05. The highest BCUT2D eigenvalue weighted by atomic mass is 19.4. The Morgan fingerprint density at radius 1 is 1.03 bits per heavy atom. The molecule has 1 spiro atoms. The van der Waals surface area contributed by atoms with Gasteiger partial charge in [0, 0.05) is 18.5 Å². The summed E-state index contributed by atoms with van der Waals surface area (Å²) < 4.78 is 43.7. The minimum atomic E-state index is -4.38. The third-order valence-corrected chi connectivity index (χ3v) is 7.35. The first-order valence-electron chi connectivity index (χ1n) is 12.1. The van der Waals surface area contributed by atoms with Gasteiger partial charge in [-0.25, -0.2) is 4.79 Å². The van der Waals surface area contributed by atoms with Crippen LogP contribution in [0.5, 0.6) is 0 Å². The van der Waals surface area contributed by atoms with Crippen LogP contribution in [0.1, 0.15) is 68.8 Å². The fourth-order valence-electron chi connectivity index (χ4n) is 5.14. The molecule has 1 aliphatic carbocycles. The molecule has 0 saturated heterocycles. The van der Waals surface area contributed by atoms with Gasteiger partial charge in [-0.05, 0) is 66.8 Å². The number of amides is 1. The van der Waals surface area contributed by atoms with Gasteiger partial charge in [-0.3, -0.25) is 4.79 Å². The lowest BCUT2D eigenvalue weighted by Crippen LogP contribution is -2.29. The first kappa shape index (κ1) is 24.9. The third kappa shape index (κ3) is 4.80. The Bertz CT molecular complexity index is 1330. The highest BCUT2D eigenvalue weighted by Gasteiger charge is 2.52. The number of fused-ring (bicyclic) bond motifs is 2. The topological polar surface area (TPSA) is 58.6 Å². The van der Waals surface area contributed by atoms with Gasteiger partial charge in [-0.1, -0.05) is 36.4 Å². The number of halogens is 3. The SMILES string of the molecule is COC(=O)c1ccc([C@H](C)NC(=O)c2cccc3c2N(Cc2ccc(C(F)(F)F)cc2)CC32CC2)cc1. The number of para-hydroxylation sites is 1. The number of hydrogen-bond donors (Lipinski definition) is 1. The largest absolute Gasteiger partial charge is 0.465 e. The highest BCUT2D eigenvalue weighted by Crippen LogP contribution is 2.57. The van der Waals surface area contributed by atoms with Gasteiger partial charge in [0.2, 0.25) is 0 Å². The molecule has 5 nitrogen and oxygen atoms in total. The standard InChI is InChI=1S/C29H27F3N2O3/c1-18(20-8-10-21(11-9-20)27(36)37-2)33-26(35)23-4-3-5-24-25(23)34(17-28(24)14-15-28)16-19-6-12-22(13-7-19)29(30,31)32/h3-13,18H,14-17H2,1-2H3,(H,33,35)/t18-/m0/s1. The summed E-state index contributed by atoms with van der Waals surface area (Å²) >= 11 is 0. The van der Waals surface area contributed by atoms with Crippen LogP contribution in [-0.4, -0.2) is 25.5 Å². The van der Waals surface area contributed by atoms with E-state index in [2.05, 4.69) is 16.3 Å². The molecule has 2 aliphatic rings. The number of alkyl halides is 3. The van der Waals surface area contributed by atoms with Gasteiger partial charge in [0.05, 0.1) is 35.5 Å². The number of nitrogens with one attached hydrogen (secondary N) is 1. The van der Waals surface area contributed by atoms with Crippen LogP contribution >= 0.6 is 0 Å². The van der Waals surface area contributed by atoms with Crippen LogP contribution in [0.4, 0.5) is 18.9 Å². The van der Waals surface area contributed by atoms with Crippen molar-refractivity contribution in [3.05, 3.63) is 100 Å². The molecule has 1 heterocycles. The fourth-order valence-corrected chi connectivity index (χ4v) is 5.14. The van der Waals surface area contributed by atoms with Crippen LogP contribution < -0.4 is 10.2 Å². The van der Waals surface area contributed by atoms with Gasteiger partial charge >= 0.3 is 12.1 Å². The first-order valence-corrected chi connectivity index (χ1v) is 12.1. The third-order valence-electron chi connectivity index (χ3n) is 7.35. The van der Waals surface area contributed by atoms with Crippen molar-refractivity contribution in [2.24, 2.45) is 0 Å². The van der Waals surface area contributed by atoms with Gasteiger partial charge < -0.3 is 15.0 Å². The summed E-state index contributed by atoms with van der Waals surface area (Å²) in [5.41, 5.74) is 3.89. The zero-order valence-corrected chi connectivity index (χ0v) is 20.6. The smallest absolute Gasteiger partial charge is 0.416 e. The van der Waals surface area contributed by atoms with Crippen LogP contribution in [-0.2, 0) is 22.9 Å². The number of methoxy groups -OCH3 is 1. The maximum atomic E-state index is 13.5. The molecule has 3 aromatic rings. The van der Waals surface area contributed by atoms with E-state index in [0.29, 0.717) is 17.7 Å². The molecule has 0 unspecified atom stereocenters. The zero-order valence-electron chi connectivity index (χ0n) is 20.6. The molecule has 5 rings (SSSR count). The molecular formula is C29H27F3N2O3. The average molecular weight is 509 g/mol. The predicted molar refractivity (Wildman–Crippen MR) is 134 cm³/mol. The maximum Gasteiger partial charge on any atom is 0.416 e. The molecule has 1 saturated carbocycles. The molecule has 0 radical (unpaired) electrons. The van der Waals surface area contributed by atoms with Crippen molar-refractivity contribution in [3.63, 3.8) is 0 Å². The van der Waals surface area contributed by atoms with E-state index in [1.807, 2.05) is 13.0 Å². The van der Waals surface area contributed by atoms with Crippen molar-refractivity contribution in [1.82, 2.24) is 5.32 Å². The summed E-state index contributed by atoms with van der Waals surface area (Å²) in [4.78, 5) is 27.3. The molecule has 1 aliphatic heterocycles. The summed E-state index contributed by atoms with van der Waals surface area (Å²) in [5.74, 6) is -0.651. The van der Waals surface area contributed by atoms with Crippen LogP contribution in [0, 0.1) is 0 Å². The minimum Gasteiger partial charge on any atom is -0.465 e. The van der Waals surface area contributed by atoms with Gasteiger partial charge in [0.25, 0.3) is 5.91 Å². The Morgan fingerprint density at radius 2 is 1.70 bits per heavy atom. The zero-order chi connectivity index (χ0) is 26.4. The normalized spacial score (nSPS) is 16.3. The Hall–Kier alpha value is -3.81. The number of benzene rings is 3. The van der Waals surface area contributed by atoms with E-state index in [1.54, 1.807) is 30.3 Å². The lowest BCUT2D eigenvalue weighted by atomic mass is 9.96. The van der Waals surface area contributed by atoms with Crippen molar-refractivity contribution in [3.8, 4) is 0 Å². The lowest BCUT2D eigenvalue weighted by Gasteiger charge is -2.23. The molecule has 1 fully saturated rings. The Morgan fingerprint density at radius 3 is 2.30 bits per heavy atom. The molecule has 3 aromatic carbocycles. The lowest BCUT2D eigenvalue weighted by molar-refractivity contribution is -0.137. The number of esters is 1. The van der Waals surface area contributed by atoms with Gasteiger partial charge in [0.1, 0.15) is 0 Å². The first-order chi connectivity index (χ1) is 17.6. The molecule has 0 bridgehead atoms. The van der Waals surface area contributed by atoms with Crippen molar-refractivity contribution in [2.75, 3.05) is 18.6 Å². The molecule has 37 heavy (non-hydrogen) atoms. The second-order valence-electron chi connectivity index (χ2n) is 9.84. The van der Waals surface area contributed by atoms with Crippen molar-refractivity contribution >= 4 is 17.6 Å². The van der Waals surface area contributed by atoms with Crippen molar-refractivity contribution in [2.45, 2.75) is 43.9 Å². The Labute approximate surface area is 213 Å². The number of nitrogens with zero attached hydrogens (tertiary/aromatic N) is 1. The number of ether oxygens (including phenoxy) is 1. The van der Waals surface area contributed by atoms with Crippen LogP contribution in [0.25, 0.3) is 0 Å². The second kappa shape index (κ2) is 9.25. The van der Waals surface area contributed by atoms with Gasteiger partial charge in [-0.2, -0.15) is 13.2 Å². The van der Waals surface area contributed by atoms with E-state index in [4.69, 9.17) is 4.74 Å². The molecular weight excluding hydrogens is 481 g/mol. The molecule has 8 heteroatoms. The summed E-state index contributed by atoms with van der Waals surface area (Å²) in [6, 6.07) is 17.5. The van der Waals surface area contributed by atoms with Crippen molar-refractivity contribution < 1.29 is 27.5 Å². The van der Waals surface area contributed by atoms with E-state index in [-0.39, 0.29) is 17.4 Å².